The van der Waals surface area contributed by atoms with Gasteiger partial charge in [-0.15, -0.1) is 0 Å². The highest BCUT2D eigenvalue weighted by molar-refractivity contribution is 5.88. The molecular formula is C9H15NO5. The molecule has 6 heteroatoms. The number of hydrogen-bond donors (Lipinski definition) is 2. The first-order valence-electron chi connectivity index (χ1n) is 4.52. The second-order valence-electron chi connectivity index (χ2n) is 4.58. The number of nitrogens with zero attached hydrogens (tertiary/aromatic N) is 1. The molecule has 0 bridgehead atoms. The Morgan fingerprint density at radius 3 is 2.40 bits per heavy atom. The molecule has 1 aliphatic rings. The van der Waals surface area contributed by atoms with Crippen LogP contribution >= 0.6 is 0 Å². The number of aliphatic hydroxyl groups excluding tert-OH is 2. The molecule has 1 aliphatic heterocycles. The Morgan fingerprint density at radius 2 is 2.07 bits per heavy atom. The van der Waals surface area contributed by atoms with Gasteiger partial charge in [0, 0.05) is 5.76 Å². The van der Waals surface area contributed by atoms with Crippen molar-refractivity contribution in [2.45, 2.75) is 12.2 Å². The number of aliphatic hydroxyl groups is 2. The molecule has 15 heavy (non-hydrogen) atoms. The van der Waals surface area contributed by atoms with Crippen LogP contribution in [0.2, 0.25) is 0 Å². The number of rotatable bonds is 3. The maximum absolute atomic E-state index is 10.9. The third-order valence-electron chi connectivity index (χ3n) is 2.01. The van der Waals surface area contributed by atoms with Crippen LogP contribution in [0.25, 0.3) is 0 Å². The van der Waals surface area contributed by atoms with Gasteiger partial charge in [-0.3, -0.25) is 0 Å². The number of esters is 1. The van der Waals surface area contributed by atoms with Crippen LogP contribution in [0.1, 0.15) is 0 Å². The monoisotopic (exact) mass is 217 g/mol. The molecule has 1 rings (SSSR count). The van der Waals surface area contributed by atoms with Crippen molar-refractivity contribution in [3.63, 3.8) is 0 Å². The summed E-state index contributed by atoms with van der Waals surface area (Å²) in [4.78, 5) is 10.8. The van der Waals surface area contributed by atoms with Gasteiger partial charge in [-0.25, -0.2) is 4.79 Å². The summed E-state index contributed by atoms with van der Waals surface area (Å²) in [5.74, 6) is -2.89. The summed E-state index contributed by atoms with van der Waals surface area (Å²) in [6, 6.07) is 0. The number of hydrogen-bond acceptors (Lipinski definition) is 5. The summed E-state index contributed by atoms with van der Waals surface area (Å²) in [7, 11) is 5.50. The SMILES string of the molecule is C[N+](C)(C)C[C@H](O)[C@H]1OC(=O)C([O-])=C1O. The second-order valence-corrected chi connectivity index (χ2v) is 4.58. The van der Waals surface area contributed by atoms with Gasteiger partial charge in [0.05, 0.1) is 21.1 Å². The van der Waals surface area contributed by atoms with Crippen molar-refractivity contribution < 1.29 is 29.3 Å². The number of likely N-dealkylation sites (N-methyl/N-ethyl adjacent to an activating group) is 1. The Kier molecular flexibility index (Phi) is 2.92. The fourth-order valence-electron chi connectivity index (χ4n) is 1.38. The zero-order valence-electron chi connectivity index (χ0n) is 8.93. The number of carbonyl (C=O) groups excluding carboxylic acids is 1. The van der Waals surface area contributed by atoms with Gasteiger partial charge in [0.25, 0.3) is 0 Å². The molecule has 0 saturated carbocycles. The molecule has 0 aromatic rings. The van der Waals surface area contributed by atoms with Crippen molar-refractivity contribution in [1.29, 1.82) is 0 Å². The van der Waals surface area contributed by atoms with Crippen molar-refractivity contribution in [2.75, 3.05) is 27.7 Å². The topological polar surface area (TPSA) is 89.8 Å². The minimum Gasteiger partial charge on any atom is -0.865 e. The Hall–Kier alpha value is -1.27. The van der Waals surface area contributed by atoms with Crippen molar-refractivity contribution in [3.8, 4) is 0 Å². The van der Waals surface area contributed by atoms with E-state index in [4.69, 9.17) is 0 Å². The fourth-order valence-corrected chi connectivity index (χ4v) is 1.38. The molecular weight excluding hydrogens is 202 g/mol. The Bertz CT molecular complexity index is 304. The maximum Gasteiger partial charge on any atom is 0.327 e. The van der Waals surface area contributed by atoms with Gasteiger partial charge in [-0.2, -0.15) is 0 Å². The average Bonchev–Trinajstić information content (AvgIpc) is 2.30. The Balaban J connectivity index is 2.72. The summed E-state index contributed by atoms with van der Waals surface area (Å²) in [6.45, 7) is 0.259. The van der Waals surface area contributed by atoms with E-state index in [0.717, 1.165) is 0 Å². The van der Waals surface area contributed by atoms with Gasteiger partial charge < -0.3 is 24.5 Å². The Morgan fingerprint density at radius 1 is 1.53 bits per heavy atom. The molecule has 1 heterocycles. The van der Waals surface area contributed by atoms with Gasteiger partial charge in [-0.1, -0.05) is 0 Å². The van der Waals surface area contributed by atoms with Crippen LogP contribution in [-0.2, 0) is 9.53 Å². The molecule has 0 fully saturated rings. The van der Waals surface area contributed by atoms with Gasteiger partial charge in [-0.05, 0) is 0 Å². The van der Waals surface area contributed by atoms with Gasteiger partial charge in [0.15, 0.2) is 6.10 Å². The lowest BCUT2D eigenvalue weighted by Gasteiger charge is -2.28. The third-order valence-corrected chi connectivity index (χ3v) is 2.01. The summed E-state index contributed by atoms with van der Waals surface area (Å²) in [5, 5.41) is 29.8. The van der Waals surface area contributed by atoms with Crippen molar-refractivity contribution in [1.82, 2.24) is 0 Å². The molecule has 0 radical (unpaired) electrons. The molecule has 0 unspecified atom stereocenters. The van der Waals surface area contributed by atoms with Crippen LogP contribution in [0.3, 0.4) is 0 Å². The van der Waals surface area contributed by atoms with E-state index < -0.39 is 29.7 Å². The van der Waals surface area contributed by atoms with Gasteiger partial charge in [0.2, 0.25) is 0 Å². The average molecular weight is 217 g/mol. The molecule has 0 amide bonds. The quantitative estimate of drug-likeness (QED) is 0.426. The normalized spacial score (nSPS) is 24.3. The summed E-state index contributed by atoms with van der Waals surface area (Å²) < 4.78 is 4.99. The van der Waals surface area contributed by atoms with Crippen LogP contribution in [0, 0.1) is 0 Å². The van der Waals surface area contributed by atoms with E-state index in [1.54, 1.807) is 0 Å². The number of quaternary nitrogens is 1. The van der Waals surface area contributed by atoms with Crippen LogP contribution in [0.4, 0.5) is 0 Å². The van der Waals surface area contributed by atoms with Crippen LogP contribution in [0.15, 0.2) is 11.5 Å². The number of ether oxygens (including phenoxy) is 1. The summed E-state index contributed by atoms with van der Waals surface area (Å²) in [6.07, 6.45) is -2.30. The van der Waals surface area contributed by atoms with Crippen molar-refractivity contribution >= 4 is 5.97 Å². The lowest BCUT2D eigenvalue weighted by Crippen LogP contribution is -2.46. The fraction of sp³-hybridized carbons (Fsp3) is 0.667. The van der Waals surface area contributed by atoms with E-state index in [0.29, 0.717) is 4.48 Å². The minimum atomic E-state index is -1.22. The van der Waals surface area contributed by atoms with E-state index in [9.17, 15) is 20.1 Å². The van der Waals surface area contributed by atoms with E-state index >= 15 is 0 Å². The molecule has 0 spiro atoms. The molecule has 0 aromatic heterocycles. The highest BCUT2D eigenvalue weighted by atomic mass is 16.6. The summed E-state index contributed by atoms with van der Waals surface area (Å²) >= 11 is 0. The zero-order valence-corrected chi connectivity index (χ0v) is 8.93. The lowest BCUT2D eigenvalue weighted by atomic mass is 10.1. The maximum atomic E-state index is 10.9. The number of carbonyl (C=O) groups is 1. The third kappa shape index (κ3) is 2.60. The lowest BCUT2D eigenvalue weighted by molar-refractivity contribution is -0.874. The highest BCUT2D eigenvalue weighted by Gasteiger charge is 2.37. The smallest absolute Gasteiger partial charge is 0.327 e. The molecule has 6 nitrogen and oxygen atoms in total. The van der Waals surface area contributed by atoms with E-state index in [1.165, 1.54) is 0 Å². The highest BCUT2D eigenvalue weighted by Crippen LogP contribution is 2.20. The molecule has 86 valence electrons. The first kappa shape index (κ1) is 11.8. The molecule has 0 aromatic carbocycles. The number of cyclic esters (lactones) is 1. The largest absolute Gasteiger partial charge is 0.865 e. The molecule has 0 aliphatic carbocycles. The summed E-state index contributed by atoms with van der Waals surface area (Å²) in [5.41, 5.74) is 0. The second kappa shape index (κ2) is 3.71. The first-order valence-corrected chi connectivity index (χ1v) is 4.52. The Labute approximate surface area is 87.6 Å². The molecule has 2 atom stereocenters. The molecule has 2 N–H and O–H groups in total. The molecule has 0 saturated heterocycles. The minimum absolute atomic E-state index is 0.259. The van der Waals surface area contributed by atoms with Crippen LogP contribution in [0.5, 0.6) is 0 Å². The van der Waals surface area contributed by atoms with E-state index in [1.807, 2.05) is 21.1 Å². The van der Waals surface area contributed by atoms with E-state index in [2.05, 4.69) is 4.74 Å². The van der Waals surface area contributed by atoms with Crippen LogP contribution in [-0.4, -0.2) is 60.6 Å². The van der Waals surface area contributed by atoms with Crippen molar-refractivity contribution in [3.05, 3.63) is 11.5 Å². The predicted molar refractivity (Wildman–Crippen MR) is 48.4 cm³/mol. The standard InChI is InChI=1S/C9H15NO5/c1-10(2,3)4-5(11)8-6(12)7(13)9(14)15-8/h5,8,11H,4H2,1-3H3,(H-,12,13,14)/t5-,8+/m0/s1. The van der Waals surface area contributed by atoms with Crippen molar-refractivity contribution in [2.24, 2.45) is 0 Å². The van der Waals surface area contributed by atoms with Gasteiger partial charge in [0.1, 0.15) is 18.4 Å². The van der Waals surface area contributed by atoms with Crippen LogP contribution < -0.4 is 5.11 Å². The first-order chi connectivity index (χ1) is 6.72. The zero-order chi connectivity index (χ0) is 11.8. The van der Waals surface area contributed by atoms with Gasteiger partial charge >= 0.3 is 5.97 Å². The van der Waals surface area contributed by atoms with E-state index in [-0.39, 0.29) is 6.54 Å². The predicted octanol–water partition coefficient (Wildman–Crippen LogP) is -1.89.